The molecule has 140 valence electrons. The number of methoxy groups -OCH3 is 1. The second kappa shape index (κ2) is 8.60. The zero-order valence-corrected chi connectivity index (χ0v) is 16.9. The highest BCUT2D eigenvalue weighted by atomic mass is 32.2. The summed E-state index contributed by atoms with van der Waals surface area (Å²) < 4.78 is 32.0. The summed E-state index contributed by atoms with van der Waals surface area (Å²) in [7, 11) is -2.66. The molecule has 2 aromatic carbocycles. The lowest BCUT2D eigenvalue weighted by Gasteiger charge is -2.24. The van der Waals surface area contributed by atoms with Crippen LogP contribution in [0, 0.1) is 0 Å². The molecule has 26 heavy (non-hydrogen) atoms. The fraction of sp³-hybridized carbons (Fsp3) is 0.316. The number of hydrogen-bond acceptors (Lipinski definition) is 5. The van der Waals surface area contributed by atoms with Gasteiger partial charge in [0.15, 0.2) is 0 Å². The number of benzene rings is 2. The van der Waals surface area contributed by atoms with Crippen LogP contribution >= 0.6 is 11.8 Å². The van der Waals surface area contributed by atoms with Gasteiger partial charge in [-0.2, -0.15) is 0 Å². The number of nitrogens with zero attached hydrogens (tertiary/aromatic N) is 1. The Morgan fingerprint density at radius 1 is 1.08 bits per heavy atom. The molecule has 0 aliphatic heterocycles. The molecule has 5 nitrogen and oxygen atoms in total. The highest BCUT2D eigenvalue weighted by molar-refractivity contribution is 7.98. The third kappa shape index (κ3) is 4.59. The molecule has 0 atom stereocenters. The number of anilines is 1. The minimum atomic E-state index is -3.89. The van der Waals surface area contributed by atoms with Crippen LogP contribution in [0.4, 0.5) is 5.69 Å². The Balaban J connectivity index is 2.46. The SMILES string of the molecule is COC(=O)CN(c1ccc(C(C)C)cc1)S(=O)(=O)c1ccc(SC)cc1. The summed E-state index contributed by atoms with van der Waals surface area (Å²) in [5, 5.41) is 0. The topological polar surface area (TPSA) is 63.7 Å². The Morgan fingerprint density at radius 2 is 1.65 bits per heavy atom. The molecule has 0 aliphatic carbocycles. The van der Waals surface area contributed by atoms with Gasteiger partial charge in [-0.15, -0.1) is 11.8 Å². The van der Waals surface area contributed by atoms with Crippen LogP contribution in [0.15, 0.2) is 58.3 Å². The summed E-state index contributed by atoms with van der Waals surface area (Å²) in [6.07, 6.45) is 1.92. The zero-order valence-electron chi connectivity index (χ0n) is 15.3. The van der Waals surface area contributed by atoms with Gasteiger partial charge < -0.3 is 4.74 Å². The minimum Gasteiger partial charge on any atom is -0.468 e. The van der Waals surface area contributed by atoms with E-state index in [1.165, 1.54) is 18.9 Å². The first-order valence-electron chi connectivity index (χ1n) is 8.13. The number of hydrogen-bond donors (Lipinski definition) is 0. The summed E-state index contributed by atoms with van der Waals surface area (Å²) in [5.74, 6) is -0.295. The molecular formula is C19H23NO4S2. The molecular weight excluding hydrogens is 370 g/mol. The minimum absolute atomic E-state index is 0.132. The first-order chi connectivity index (χ1) is 12.3. The number of rotatable bonds is 7. The van der Waals surface area contributed by atoms with E-state index < -0.39 is 16.0 Å². The van der Waals surface area contributed by atoms with Gasteiger partial charge in [-0.1, -0.05) is 26.0 Å². The fourth-order valence-electron chi connectivity index (χ4n) is 2.40. The zero-order chi connectivity index (χ0) is 19.3. The average Bonchev–Trinajstić information content (AvgIpc) is 2.65. The van der Waals surface area contributed by atoms with Crippen LogP contribution in [0.5, 0.6) is 0 Å². The summed E-state index contributed by atoms with van der Waals surface area (Å²) in [4.78, 5) is 12.9. The predicted octanol–water partition coefficient (Wildman–Crippen LogP) is 3.90. The molecule has 0 saturated heterocycles. The first kappa shape index (κ1) is 20.3. The van der Waals surface area contributed by atoms with Crippen molar-refractivity contribution >= 4 is 33.4 Å². The van der Waals surface area contributed by atoms with E-state index in [2.05, 4.69) is 18.6 Å². The third-order valence-corrected chi connectivity index (χ3v) is 6.53. The van der Waals surface area contributed by atoms with E-state index >= 15 is 0 Å². The van der Waals surface area contributed by atoms with Gasteiger partial charge in [0.2, 0.25) is 0 Å². The predicted molar refractivity (Wildman–Crippen MR) is 105 cm³/mol. The van der Waals surface area contributed by atoms with E-state index in [0.29, 0.717) is 11.6 Å². The van der Waals surface area contributed by atoms with Gasteiger partial charge >= 0.3 is 5.97 Å². The lowest BCUT2D eigenvalue weighted by atomic mass is 10.0. The number of esters is 1. The molecule has 7 heteroatoms. The van der Waals surface area contributed by atoms with Crippen molar-refractivity contribution in [2.75, 3.05) is 24.2 Å². The summed E-state index contributed by atoms with van der Waals surface area (Å²) in [6, 6.07) is 13.8. The molecule has 0 saturated carbocycles. The maximum atomic E-state index is 13.1. The number of thioether (sulfide) groups is 1. The summed E-state index contributed by atoms with van der Waals surface area (Å²) in [6.45, 7) is 3.74. The van der Waals surface area contributed by atoms with Crippen LogP contribution in [0.25, 0.3) is 0 Å². The van der Waals surface area contributed by atoms with Crippen LogP contribution < -0.4 is 4.31 Å². The highest BCUT2D eigenvalue weighted by Gasteiger charge is 2.27. The van der Waals surface area contributed by atoms with Crippen molar-refractivity contribution in [1.82, 2.24) is 0 Å². The molecule has 2 rings (SSSR count). The van der Waals surface area contributed by atoms with Gasteiger partial charge in [-0.25, -0.2) is 8.42 Å². The lowest BCUT2D eigenvalue weighted by Crippen LogP contribution is -2.36. The van der Waals surface area contributed by atoms with Gasteiger partial charge in [-0.3, -0.25) is 9.10 Å². The van der Waals surface area contributed by atoms with Gasteiger partial charge in [0.05, 0.1) is 17.7 Å². The first-order valence-corrected chi connectivity index (χ1v) is 10.8. The third-order valence-electron chi connectivity index (χ3n) is 4.00. The average molecular weight is 394 g/mol. The van der Waals surface area contributed by atoms with E-state index in [-0.39, 0.29) is 11.4 Å². The van der Waals surface area contributed by atoms with Gasteiger partial charge in [-0.05, 0) is 54.1 Å². The van der Waals surface area contributed by atoms with Crippen molar-refractivity contribution in [2.45, 2.75) is 29.6 Å². The fourth-order valence-corrected chi connectivity index (χ4v) is 4.21. The summed E-state index contributed by atoms with van der Waals surface area (Å²) >= 11 is 1.53. The van der Waals surface area contributed by atoms with E-state index in [0.717, 1.165) is 14.8 Å². The van der Waals surface area contributed by atoms with Crippen molar-refractivity contribution in [3.63, 3.8) is 0 Å². The molecule has 0 aromatic heterocycles. The normalized spacial score (nSPS) is 11.4. The molecule has 0 aliphatic rings. The van der Waals surface area contributed by atoms with Crippen LogP contribution in [0.1, 0.15) is 25.3 Å². The Kier molecular flexibility index (Phi) is 6.72. The van der Waals surface area contributed by atoms with E-state index in [1.807, 2.05) is 18.4 Å². The quantitative estimate of drug-likeness (QED) is 0.527. The molecule has 0 unspecified atom stereocenters. The van der Waals surface area contributed by atoms with Gasteiger partial charge in [0.25, 0.3) is 10.0 Å². The lowest BCUT2D eigenvalue weighted by molar-refractivity contribution is -0.138. The van der Waals surface area contributed by atoms with E-state index in [9.17, 15) is 13.2 Å². The van der Waals surface area contributed by atoms with Gasteiger partial charge in [0.1, 0.15) is 6.54 Å². The molecule has 0 N–H and O–H groups in total. The van der Waals surface area contributed by atoms with Crippen LogP contribution in [-0.4, -0.2) is 34.3 Å². The standard InChI is InChI=1S/C19H23NO4S2/c1-14(2)15-5-7-16(8-6-15)20(13-19(21)24-3)26(22,23)18-11-9-17(25-4)10-12-18/h5-12,14H,13H2,1-4H3. The van der Waals surface area contributed by atoms with Crippen molar-refractivity contribution in [2.24, 2.45) is 0 Å². The highest BCUT2D eigenvalue weighted by Crippen LogP contribution is 2.27. The molecule has 0 bridgehead atoms. The monoisotopic (exact) mass is 393 g/mol. The number of carbonyl (C=O) groups is 1. The maximum Gasteiger partial charge on any atom is 0.326 e. The molecule has 0 spiro atoms. The maximum absolute atomic E-state index is 13.1. The van der Waals surface area contributed by atoms with E-state index in [1.54, 1.807) is 36.4 Å². The Bertz CT molecular complexity index is 844. The Hall–Kier alpha value is -1.99. The second-order valence-electron chi connectivity index (χ2n) is 6.01. The molecule has 0 radical (unpaired) electrons. The largest absolute Gasteiger partial charge is 0.468 e. The molecule has 0 heterocycles. The summed E-state index contributed by atoms with van der Waals surface area (Å²) in [5.41, 5.74) is 1.52. The van der Waals surface area contributed by atoms with Crippen molar-refractivity contribution in [3.05, 3.63) is 54.1 Å². The Morgan fingerprint density at radius 3 is 2.12 bits per heavy atom. The van der Waals surface area contributed by atoms with E-state index in [4.69, 9.17) is 0 Å². The van der Waals surface area contributed by atoms with Crippen LogP contribution in [0.2, 0.25) is 0 Å². The van der Waals surface area contributed by atoms with Crippen molar-refractivity contribution < 1.29 is 17.9 Å². The van der Waals surface area contributed by atoms with Crippen molar-refractivity contribution in [3.8, 4) is 0 Å². The van der Waals surface area contributed by atoms with Crippen molar-refractivity contribution in [1.29, 1.82) is 0 Å². The smallest absolute Gasteiger partial charge is 0.326 e. The molecule has 2 aromatic rings. The number of ether oxygens (including phenoxy) is 1. The molecule has 0 amide bonds. The van der Waals surface area contributed by atoms with Crippen LogP contribution in [-0.2, 0) is 19.6 Å². The Labute approximate surface area is 159 Å². The van der Waals surface area contributed by atoms with Gasteiger partial charge in [0, 0.05) is 4.90 Å². The molecule has 0 fully saturated rings. The van der Waals surface area contributed by atoms with Crippen LogP contribution in [0.3, 0.4) is 0 Å². The number of sulfonamides is 1. The second-order valence-corrected chi connectivity index (χ2v) is 8.75. The number of carbonyl (C=O) groups excluding carboxylic acids is 1.